The van der Waals surface area contributed by atoms with Crippen LogP contribution in [0.3, 0.4) is 0 Å². The molecule has 1 unspecified atom stereocenters. The second-order valence-corrected chi connectivity index (χ2v) is 3.89. The predicted molar refractivity (Wildman–Crippen MR) is 65.4 cm³/mol. The zero-order valence-electron chi connectivity index (χ0n) is 9.89. The molecule has 3 heteroatoms. The molecule has 3 nitrogen and oxygen atoms in total. The maximum Gasteiger partial charge on any atom is 0.186 e. The van der Waals surface area contributed by atoms with Crippen LogP contribution in [-0.2, 0) is 4.84 Å². The minimum Gasteiger partial charge on any atom is -0.376 e. The Morgan fingerprint density at radius 1 is 1.25 bits per heavy atom. The fourth-order valence-corrected chi connectivity index (χ4v) is 1.99. The molecule has 0 bridgehead atoms. The number of hydrogen-bond acceptors (Lipinski definition) is 3. The molecular formula is C13H18N2O. The highest BCUT2D eigenvalue weighted by atomic mass is 16.7. The van der Waals surface area contributed by atoms with Crippen molar-refractivity contribution in [3.63, 3.8) is 0 Å². The summed E-state index contributed by atoms with van der Waals surface area (Å²) in [6, 6.07) is 10.2. The molecule has 0 N–H and O–H groups in total. The van der Waals surface area contributed by atoms with E-state index in [2.05, 4.69) is 36.0 Å². The fourth-order valence-electron chi connectivity index (χ4n) is 1.99. The summed E-state index contributed by atoms with van der Waals surface area (Å²) in [5, 5.41) is 4.18. The summed E-state index contributed by atoms with van der Waals surface area (Å²) in [7, 11) is 0. The van der Waals surface area contributed by atoms with Crippen molar-refractivity contribution < 1.29 is 4.84 Å². The molecule has 1 aliphatic heterocycles. The molecule has 0 saturated heterocycles. The maximum atomic E-state index is 5.48. The minimum absolute atomic E-state index is 0.116. The Hall–Kier alpha value is -1.35. The second kappa shape index (κ2) is 5.12. The highest BCUT2D eigenvalue weighted by Crippen LogP contribution is 2.19. The third-order valence-corrected chi connectivity index (χ3v) is 2.98. The lowest BCUT2D eigenvalue weighted by molar-refractivity contribution is -0.0322. The van der Waals surface area contributed by atoms with Crippen LogP contribution in [0, 0.1) is 0 Å². The Morgan fingerprint density at radius 3 is 2.56 bits per heavy atom. The van der Waals surface area contributed by atoms with Crippen LogP contribution in [-0.4, -0.2) is 29.9 Å². The van der Waals surface area contributed by atoms with Crippen molar-refractivity contribution in [2.75, 3.05) is 13.1 Å². The second-order valence-electron chi connectivity index (χ2n) is 3.89. The first-order valence-corrected chi connectivity index (χ1v) is 5.87. The third-order valence-electron chi connectivity index (χ3n) is 2.98. The van der Waals surface area contributed by atoms with Gasteiger partial charge < -0.3 is 4.84 Å². The van der Waals surface area contributed by atoms with Crippen molar-refractivity contribution in [2.45, 2.75) is 26.5 Å². The Labute approximate surface area is 96.7 Å². The maximum absolute atomic E-state index is 5.48. The van der Waals surface area contributed by atoms with Crippen molar-refractivity contribution in [3.8, 4) is 0 Å². The monoisotopic (exact) mass is 218 g/mol. The lowest BCUT2D eigenvalue weighted by Gasteiger charge is -2.23. The normalized spacial score (nSPS) is 19.7. The summed E-state index contributed by atoms with van der Waals surface area (Å²) < 4.78 is 0. The summed E-state index contributed by atoms with van der Waals surface area (Å²) in [6.07, 6.45) is 0.997. The zero-order chi connectivity index (χ0) is 11.4. The van der Waals surface area contributed by atoms with Gasteiger partial charge in [0.1, 0.15) is 0 Å². The molecule has 0 saturated carbocycles. The van der Waals surface area contributed by atoms with Crippen molar-refractivity contribution in [1.82, 2.24) is 4.90 Å². The summed E-state index contributed by atoms with van der Waals surface area (Å²) in [6.45, 7) is 6.29. The lowest BCUT2D eigenvalue weighted by Crippen LogP contribution is -2.35. The molecule has 0 aliphatic carbocycles. The summed E-state index contributed by atoms with van der Waals surface area (Å²) in [5.74, 6) is 0. The topological polar surface area (TPSA) is 24.8 Å². The Balaban J connectivity index is 2.02. The van der Waals surface area contributed by atoms with Gasteiger partial charge in [0.05, 0.1) is 5.71 Å². The molecule has 1 aromatic carbocycles. The van der Waals surface area contributed by atoms with Crippen LogP contribution < -0.4 is 0 Å². The molecule has 0 fully saturated rings. The van der Waals surface area contributed by atoms with Crippen molar-refractivity contribution in [1.29, 1.82) is 0 Å². The van der Waals surface area contributed by atoms with Crippen LogP contribution >= 0.6 is 0 Å². The van der Waals surface area contributed by atoms with E-state index in [1.54, 1.807) is 0 Å². The molecule has 1 atom stereocenters. The van der Waals surface area contributed by atoms with Gasteiger partial charge in [0, 0.05) is 6.42 Å². The van der Waals surface area contributed by atoms with Gasteiger partial charge in [-0.3, -0.25) is 4.90 Å². The quantitative estimate of drug-likeness (QED) is 0.775. The van der Waals surface area contributed by atoms with E-state index < -0.39 is 0 Å². The highest BCUT2D eigenvalue weighted by Gasteiger charge is 2.25. The molecule has 1 aromatic rings. The highest BCUT2D eigenvalue weighted by molar-refractivity contribution is 6.01. The van der Waals surface area contributed by atoms with E-state index in [0.29, 0.717) is 0 Å². The van der Waals surface area contributed by atoms with E-state index in [1.807, 2.05) is 18.2 Å². The number of nitrogens with zero attached hydrogens (tertiary/aromatic N) is 2. The third kappa shape index (κ3) is 2.25. The Bertz CT molecular complexity index is 357. The average Bonchev–Trinajstić information content (AvgIpc) is 2.81. The van der Waals surface area contributed by atoms with Crippen molar-refractivity contribution >= 4 is 5.71 Å². The first-order chi connectivity index (χ1) is 7.85. The molecule has 0 radical (unpaired) electrons. The van der Waals surface area contributed by atoms with E-state index in [1.165, 1.54) is 0 Å². The van der Waals surface area contributed by atoms with Gasteiger partial charge in [-0.25, -0.2) is 0 Å². The van der Waals surface area contributed by atoms with Gasteiger partial charge in [-0.2, -0.15) is 0 Å². The Morgan fingerprint density at radius 2 is 1.94 bits per heavy atom. The molecule has 86 valence electrons. The van der Waals surface area contributed by atoms with Crippen LogP contribution in [0.4, 0.5) is 0 Å². The molecule has 1 aliphatic rings. The van der Waals surface area contributed by atoms with Gasteiger partial charge in [-0.15, -0.1) is 0 Å². The minimum atomic E-state index is 0.116. The molecule has 1 heterocycles. The first kappa shape index (κ1) is 11.1. The molecule has 0 spiro atoms. The molecule has 16 heavy (non-hydrogen) atoms. The predicted octanol–water partition coefficient (Wildman–Crippen LogP) is 2.48. The zero-order valence-corrected chi connectivity index (χ0v) is 9.89. The van der Waals surface area contributed by atoms with Crippen LogP contribution in [0.5, 0.6) is 0 Å². The summed E-state index contributed by atoms with van der Waals surface area (Å²) >= 11 is 0. The molecular weight excluding hydrogens is 200 g/mol. The largest absolute Gasteiger partial charge is 0.376 e. The smallest absolute Gasteiger partial charge is 0.186 e. The van der Waals surface area contributed by atoms with Gasteiger partial charge in [0.15, 0.2) is 6.23 Å². The van der Waals surface area contributed by atoms with E-state index in [-0.39, 0.29) is 6.23 Å². The molecule has 2 rings (SSSR count). The number of rotatable bonds is 4. The summed E-state index contributed by atoms with van der Waals surface area (Å²) in [5.41, 5.74) is 2.22. The number of hydrogen-bond donors (Lipinski definition) is 0. The average molecular weight is 218 g/mol. The number of benzene rings is 1. The van der Waals surface area contributed by atoms with Crippen LogP contribution in [0.2, 0.25) is 0 Å². The van der Waals surface area contributed by atoms with Crippen LogP contribution in [0.25, 0.3) is 0 Å². The van der Waals surface area contributed by atoms with Crippen LogP contribution in [0.1, 0.15) is 25.8 Å². The van der Waals surface area contributed by atoms with Gasteiger partial charge in [-0.05, 0) is 18.7 Å². The lowest BCUT2D eigenvalue weighted by atomic mass is 10.1. The van der Waals surface area contributed by atoms with E-state index in [9.17, 15) is 0 Å². The molecule has 0 aromatic heterocycles. The van der Waals surface area contributed by atoms with E-state index in [0.717, 1.165) is 30.8 Å². The van der Waals surface area contributed by atoms with Gasteiger partial charge in [0.2, 0.25) is 0 Å². The summed E-state index contributed by atoms with van der Waals surface area (Å²) in [4.78, 5) is 7.76. The number of oxime groups is 1. The van der Waals surface area contributed by atoms with Gasteiger partial charge in [-0.1, -0.05) is 49.3 Å². The Kier molecular flexibility index (Phi) is 3.57. The SMILES string of the molecule is CCN(CC)C1CC(c2ccccc2)=NO1. The van der Waals surface area contributed by atoms with Crippen LogP contribution in [0.15, 0.2) is 35.5 Å². The van der Waals surface area contributed by atoms with Gasteiger partial charge >= 0.3 is 0 Å². The fraction of sp³-hybridized carbons (Fsp3) is 0.462. The van der Waals surface area contributed by atoms with E-state index in [4.69, 9.17) is 4.84 Å². The van der Waals surface area contributed by atoms with Crippen molar-refractivity contribution in [2.24, 2.45) is 5.16 Å². The first-order valence-electron chi connectivity index (χ1n) is 5.87. The molecule has 0 amide bonds. The standard InChI is InChI=1S/C13H18N2O/c1-3-15(4-2)13-10-12(14-16-13)11-8-6-5-7-9-11/h5-9,13H,3-4,10H2,1-2H3. The van der Waals surface area contributed by atoms with Gasteiger partial charge in [0.25, 0.3) is 0 Å². The van der Waals surface area contributed by atoms with Crippen molar-refractivity contribution in [3.05, 3.63) is 35.9 Å². The van der Waals surface area contributed by atoms with E-state index >= 15 is 0 Å².